The third-order valence-corrected chi connectivity index (χ3v) is 4.74. The number of hydrogen-bond acceptors (Lipinski definition) is 6. The largest absolute Gasteiger partial charge is 0.496 e. The minimum absolute atomic E-state index is 0.0960. The van der Waals surface area contributed by atoms with Crippen molar-refractivity contribution in [3.63, 3.8) is 0 Å². The number of aromatic nitrogens is 1. The number of morpholine rings is 1. The molecule has 1 aromatic heterocycles. The molecular formula is C21H28N4O3. The van der Waals surface area contributed by atoms with Crippen molar-refractivity contribution in [1.82, 2.24) is 15.2 Å². The fourth-order valence-corrected chi connectivity index (χ4v) is 3.12. The lowest BCUT2D eigenvalue weighted by Crippen LogP contribution is -2.41. The smallest absolute Gasteiger partial charge is 0.252 e. The molecule has 2 N–H and O–H groups in total. The molecule has 0 unspecified atom stereocenters. The topological polar surface area (TPSA) is 75.7 Å². The first-order valence-electron chi connectivity index (χ1n) is 9.66. The number of pyridine rings is 1. The zero-order chi connectivity index (χ0) is 19.6. The first-order chi connectivity index (χ1) is 13.8. The number of ether oxygens (including phenoxy) is 2. The lowest BCUT2D eigenvalue weighted by Gasteiger charge is -2.26. The van der Waals surface area contributed by atoms with E-state index in [1.54, 1.807) is 19.4 Å². The number of amides is 1. The molecule has 2 heterocycles. The van der Waals surface area contributed by atoms with Gasteiger partial charge in [0.2, 0.25) is 0 Å². The van der Waals surface area contributed by atoms with Crippen LogP contribution >= 0.6 is 0 Å². The van der Waals surface area contributed by atoms with Crippen LogP contribution in [-0.2, 0) is 11.2 Å². The minimum atomic E-state index is -0.0960. The van der Waals surface area contributed by atoms with E-state index in [-0.39, 0.29) is 5.91 Å². The summed E-state index contributed by atoms with van der Waals surface area (Å²) in [5.41, 5.74) is 1.71. The Morgan fingerprint density at radius 2 is 2.00 bits per heavy atom. The number of carbonyl (C=O) groups excluding carboxylic acids is 1. The third-order valence-electron chi connectivity index (χ3n) is 4.74. The van der Waals surface area contributed by atoms with Crippen molar-refractivity contribution in [2.45, 2.75) is 6.42 Å². The van der Waals surface area contributed by atoms with Crippen molar-refractivity contribution in [3.05, 3.63) is 53.7 Å². The quantitative estimate of drug-likeness (QED) is 0.687. The Hall–Kier alpha value is -2.64. The van der Waals surface area contributed by atoms with Crippen molar-refractivity contribution in [2.75, 3.05) is 58.4 Å². The van der Waals surface area contributed by atoms with Crippen molar-refractivity contribution >= 4 is 11.7 Å². The summed E-state index contributed by atoms with van der Waals surface area (Å²) >= 11 is 0. The number of anilines is 1. The van der Waals surface area contributed by atoms with E-state index in [4.69, 9.17) is 9.47 Å². The molecule has 0 bridgehead atoms. The van der Waals surface area contributed by atoms with Gasteiger partial charge in [-0.1, -0.05) is 18.2 Å². The summed E-state index contributed by atoms with van der Waals surface area (Å²) in [5.74, 6) is 1.54. The molecule has 0 atom stereocenters. The highest BCUT2D eigenvalue weighted by Crippen LogP contribution is 2.17. The Kier molecular flexibility index (Phi) is 7.63. The van der Waals surface area contributed by atoms with E-state index >= 15 is 0 Å². The maximum absolute atomic E-state index is 12.2. The highest BCUT2D eigenvalue weighted by atomic mass is 16.5. The van der Waals surface area contributed by atoms with Gasteiger partial charge in [-0.15, -0.1) is 0 Å². The van der Waals surface area contributed by atoms with Gasteiger partial charge < -0.3 is 20.1 Å². The summed E-state index contributed by atoms with van der Waals surface area (Å²) < 4.78 is 10.7. The zero-order valence-corrected chi connectivity index (χ0v) is 16.3. The molecule has 0 spiro atoms. The first kappa shape index (κ1) is 20.1. The molecule has 2 aromatic rings. The van der Waals surface area contributed by atoms with Gasteiger partial charge >= 0.3 is 0 Å². The molecule has 1 fully saturated rings. The van der Waals surface area contributed by atoms with Gasteiger partial charge in [-0.3, -0.25) is 9.69 Å². The number of para-hydroxylation sites is 1. The Morgan fingerprint density at radius 3 is 2.75 bits per heavy atom. The van der Waals surface area contributed by atoms with Crippen molar-refractivity contribution < 1.29 is 14.3 Å². The zero-order valence-electron chi connectivity index (χ0n) is 16.3. The van der Waals surface area contributed by atoms with Crippen molar-refractivity contribution in [1.29, 1.82) is 0 Å². The van der Waals surface area contributed by atoms with Crippen LogP contribution in [0.3, 0.4) is 0 Å². The Labute approximate surface area is 166 Å². The van der Waals surface area contributed by atoms with Gasteiger partial charge in [-0.2, -0.15) is 0 Å². The molecule has 1 saturated heterocycles. The maximum atomic E-state index is 12.2. The Bertz CT molecular complexity index is 746. The molecule has 28 heavy (non-hydrogen) atoms. The van der Waals surface area contributed by atoms with Gasteiger partial charge in [0.1, 0.15) is 11.6 Å². The molecule has 7 heteroatoms. The molecule has 3 rings (SSSR count). The summed E-state index contributed by atoms with van der Waals surface area (Å²) in [6, 6.07) is 11.6. The number of nitrogens with zero attached hydrogens (tertiary/aromatic N) is 2. The van der Waals surface area contributed by atoms with E-state index in [0.717, 1.165) is 62.9 Å². The van der Waals surface area contributed by atoms with E-state index < -0.39 is 0 Å². The molecule has 7 nitrogen and oxygen atoms in total. The second kappa shape index (κ2) is 10.6. The van der Waals surface area contributed by atoms with Gasteiger partial charge in [-0.05, 0) is 30.2 Å². The number of carbonyl (C=O) groups is 1. The Balaban J connectivity index is 1.40. The van der Waals surface area contributed by atoms with Crippen molar-refractivity contribution in [3.8, 4) is 5.75 Å². The second-order valence-electron chi connectivity index (χ2n) is 6.63. The fourth-order valence-electron chi connectivity index (χ4n) is 3.12. The van der Waals surface area contributed by atoms with E-state index in [9.17, 15) is 4.79 Å². The van der Waals surface area contributed by atoms with E-state index in [1.807, 2.05) is 24.3 Å². The van der Waals surface area contributed by atoms with Crippen LogP contribution in [0, 0.1) is 0 Å². The normalized spacial score (nSPS) is 14.5. The molecule has 1 aromatic carbocycles. The van der Waals surface area contributed by atoms with Crippen LogP contribution in [0.5, 0.6) is 5.75 Å². The minimum Gasteiger partial charge on any atom is -0.496 e. The SMILES string of the molecule is COc1ccccc1CCNc1ccc(C(=O)NCCN2CCOCC2)cn1. The third kappa shape index (κ3) is 5.94. The summed E-state index contributed by atoms with van der Waals surface area (Å²) in [6.07, 6.45) is 2.44. The molecule has 1 aliphatic rings. The van der Waals surface area contributed by atoms with Gasteiger partial charge in [-0.25, -0.2) is 4.98 Å². The van der Waals surface area contributed by atoms with Crippen LogP contribution in [0.25, 0.3) is 0 Å². The molecule has 0 saturated carbocycles. The predicted molar refractivity (Wildman–Crippen MR) is 109 cm³/mol. The van der Waals surface area contributed by atoms with Crippen molar-refractivity contribution in [2.24, 2.45) is 0 Å². The summed E-state index contributed by atoms with van der Waals surface area (Å²) in [4.78, 5) is 18.9. The predicted octanol–water partition coefficient (Wildman–Crippen LogP) is 1.81. The lowest BCUT2D eigenvalue weighted by atomic mass is 10.1. The summed E-state index contributed by atoms with van der Waals surface area (Å²) in [6.45, 7) is 5.58. The highest BCUT2D eigenvalue weighted by Gasteiger charge is 2.11. The van der Waals surface area contributed by atoms with Crippen LogP contribution in [-0.4, -0.2) is 68.8 Å². The van der Waals surface area contributed by atoms with Crippen LogP contribution in [0.15, 0.2) is 42.6 Å². The van der Waals surface area contributed by atoms with Gasteiger partial charge in [0.15, 0.2) is 0 Å². The van der Waals surface area contributed by atoms with Crippen LogP contribution < -0.4 is 15.4 Å². The summed E-state index contributed by atoms with van der Waals surface area (Å²) in [5, 5.41) is 6.23. The molecule has 0 radical (unpaired) electrons. The molecular weight excluding hydrogens is 356 g/mol. The molecule has 150 valence electrons. The number of hydrogen-bond donors (Lipinski definition) is 2. The summed E-state index contributed by atoms with van der Waals surface area (Å²) in [7, 11) is 1.68. The second-order valence-corrected chi connectivity index (χ2v) is 6.63. The first-order valence-corrected chi connectivity index (χ1v) is 9.66. The molecule has 1 amide bonds. The lowest BCUT2D eigenvalue weighted by molar-refractivity contribution is 0.0383. The van der Waals surface area contributed by atoms with Gasteiger partial charge in [0.05, 0.1) is 25.9 Å². The average molecular weight is 384 g/mol. The number of methoxy groups -OCH3 is 1. The standard InChI is InChI=1S/C21H28N4O3/c1-27-19-5-3-2-4-17(19)8-9-22-20-7-6-18(16-24-20)21(26)23-10-11-25-12-14-28-15-13-25/h2-7,16H,8-15H2,1H3,(H,22,24)(H,23,26). The van der Waals surface area contributed by atoms with Gasteiger partial charge in [0, 0.05) is 38.9 Å². The van der Waals surface area contributed by atoms with E-state index in [2.05, 4.69) is 26.6 Å². The molecule has 1 aliphatic heterocycles. The highest BCUT2D eigenvalue weighted by molar-refractivity contribution is 5.94. The number of nitrogens with one attached hydrogen (secondary N) is 2. The van der Waals surface area contributed by atoms with Crippen LogP contribution in [0.1, 0.15) is 15.9 Å². The van der Waals surface area contributed by atoms with E-state index in [1.165, 1.54) is 0 Å². The number of rotatable bonds is 9. The fraction of sp³-hybridized carbons (Fsp3) is 0.429. The number of benzene rings is 1. The monoisotopic (exact) mass is 384 g/mol. The Morgan fingerprint density at radius 1 is 1.18 bits per heavy atom. The van der Waals surface area contributed by atoms with E-state index in [0.29, 0.717) is 12.1 Å². The van der Waals surface area contributed by atoms with Crippen LogP contribution in [0.2, 0.25) is 0 Å². The van der Waals surface area contributed by atoms with Gasteiger partial charge in [0.25, 0.3) is 5.91 Å². The average Bonchev–Trinajstić information content (AvgIpc) is 2.75. The maximum Gasteiger partial charge on any atom is 0.252 e. The molecule has 0 aliphatic carbocycles. The van der Waals surface area contributed by atoms with Crippen LogP contribution in [0.4, 0.5) is 5.82 Å².